The first-order valence-corrected chi connectivity index (χ1v) is 12.9. The molecule has 2 aliphatic rings. The molecule has 1 spiro atoms. The Labute approximate surface area is 192 Å². The molecule has 0 radical (unpaired) electrons. The molecule has 33 heavy (non-hydrogen) atoms. The van der Waals surface area contributed by atoms with Crippen LogP contribution in [0.3, 0.4) is 0 Å². The van der Waals surface area contributed by atoms with Crippen LogP contribution >= 0.6 is 0 Å². The summed E-state index contributed by atoms with van der Waals surface area (Å²) in [5, 5.41) is 9.03. The zero-order chi connectivity index (χ0) is 23.3. The van der Waals surface area contributed by atoms with E-state index in [1.54, 1.807) is 24.4 Å². The molecule has 4 aromatic rings. The summed E-state index contributed by atoms with van der Waals surface area (Å²) in [6.07, 6.45) is 5.76. The van der Waals surface area contributed by atoms with Crippen LogP contribution in [-0.2, 0) is 22.6 Å². The monoisotopic (exact) mass is 464 g/mol. The highest BCUT2D eigenvalue weighted by Gasteiger charge is 2.47. The van der Waals surface area contributed by atoms with E-state index in [9.17, 15) is 8.42 Å². The number of fused-ring (bicyclic) bond motifs is 5. The molecule has 8 heteroatoms. The highest BCUT2D eigenvalue weighted by Crippen LogP contribution is 2.56. The van der Waals surface area contributed by atoms with Crippen molar-refractivity contribution in [3.63, 3.8) is 0 Å². The van der Waals surface area contributed by atoms with Gasteiger partial charge in [0.15, 0.2) is 0 Å². The molecule has 0 unspecified atom stereocenters. The van der Waals surface area contributed by atoms with Crippen molar-refractivity contribution >= 4 is 26.6 Å². The summed E-state index contributed by atoms with van der Waals surface area (Å²) in [6.45, 7) is 4.03. The maximum Gasteiger partial charge on any atom is 0.236 e. The molecule has 1 fully saturated rings. The van der Waals surface area contributed by atoms with Crippen LogP contribution in [0.2, 0.25) is 0 Å². The van der Waals surface area contributed by atoms with Gasteiger partial charge in [-0.1, -0.05) is 12.1 Å². The lowest BCUT2D eigenvalue weighted by molar-refractivity contribution is 0.280. The minimum atomic E-state index is -3.45. The molecule has 1 aliphatic heterocycles. The lowest BCUT2D eigenvalue weighted by Crippen LogP contribution is -2.45. The van der Waals surface area contributed by atoms with Gasteiger partial charge in [0, 0.05) is 29.8 Å². The number of nitrogens with zero attached hydrogens (tertiary/aromatic N) is 3. The summed E-state index contributed by atoms with van der Waals surface area (Å²) >= 11 is 0. The smallest absolute Gasteiger partial charge is 0.236 e. The molecule has 170 valence electrons. The van der Waals surface area contributed by atoms with E-state index >= 15 is 4.39 Å². The van der Waals surface area contributed by atoms with Crippen molar-refractivity contribution in [1.29, 1.82) is 0 Å². The lowest BCUT2D eigenvalue weighted by Gasteiger charge is -2.47. The van der Waals surface area contributed by atoms with E-state index in [-0.39, 0.29) is 11.4 Å². The third kappa shape index (κ3) is 2.64. The van der Waals surface area contributed by atoms with E-state index in [0.717, 1.165) is 58.3 Å². The SMILES string of the molecule is Cc1nn(C)c2c1C1(CCC1)Nc1c(F)cc(-c3cccc4c3ccn4S(C)(=O)=O)c(C)c1-2. The molecule has 0 saturated heterocycles. The normalized spacial score (nSPS) is 16.4. The summed E-state index contributed by atoms with van der Waals surface area (Å²) < 4.78 is 43.3. The highest BCUT2D eigenvalue weighted by atomic mass is 32.2. The van der Waals surface area contributed by atoms with E-state index in [1.165, 1.54) is 15.8 Å². The molecule has 0 atom stereocenters. The van der Waals surface area contributed by atoms with Crippen molar-refractivity contribution in [1.82, 2.24) is 13.8 Å². The molecule has 6 nitrogen and oxygen atoms in total. The third-order valence-electron chi connectivity index (χ3n) is 7.39. The van der Waals surface area contributed by atoms with Crippen LogP contribution in [0.5, 0.6) is 0 Å². The van der Waals surface area contributed by atoms with E-state index in [1.807, 2.05) is 37.7 Å². The molecule has 0 amide bonds. The number of anilines is 1. The average molecular weight is 465 g/mol. The van der Waals surface area contributed by atoms with Gasteiger partial charge in [0.1, 0.15) is 5.82 Å². The quantitative estimate of drug-likeness (QED) is 0.449. The number of nitrogens with one attached hydrogen (secondary N) is 1. The van der Waals surface area contributed by atoms with Crippen LogP contribution in [0.4, 0.5) is 10.1 Å². The molecule has 2 aromatic carbocycles. The van der Waals surface area contributed by atoms with Gasteiger partial charge in [0.05, 0.1) is 34.4 Å². The van der Waals surface area contributed by atoms with E-state index in [0.29, 0.717) is 11.2 Å². The highest BCUT2D eigenvalue weighted by molar-refractivity contribution is 7.89. The second kappa shape index (κ2) is 6.47. The Kier molecular flexibility index (Phi) is 4.01. The second-order valence-corrected chi connectivity index (χ2v) is 11.2. The number of aromatic nitrogens is 3. The standard InChI is InChI=1S/C25H25FN4O2S/c1-14-18(16-7-5-8-20-17(16)9-12-30(20)33(4,31)32)13-19(26)23-21(14)24-22(15(2)28-29(24)3)25(27-23)10-6-11-25/h5,7-9,12-13,27H,6,10-11H2,1-4H3. The number of halogens is 1. The Bertz CT molecular complexity index is 1590. The van der Waals surface area contributed by atoms with Crippen molar-refractivity contribution in [2.75, 3.05) is 11.6 Å². The number of benzene rings is 2. The number of aryl methyl sites for hydroxylation is 2. The van der Waals surface area contributed by atoms with Gasteiger partial charge in [0.2, 0.25) is 10.0 Å². The van der Waals surface area contributed by atoms with Crippen molar-refractivity contribution in [3.05, 3.63) is 59.2 Å². The van der Waals surface area contributed by atoms with Gasteiger partial charge in [-0.3, -0.25) is 4.68 Å². The first-order chi connectivity index (χ1) is 15.6. The van der Waals surface area contributed by atoms with E-state index in [4.69, 9.17) is 5.10 Å². The van der Waals surface area contributed by atoms with Crippen LogP contribution in [0.15, 0.2) is 36.5 Å². The summed E-state index contributed by atoms with van der Waals surface area (Å²) in [4.78, 5) is 0. The van der Waals surface area contributed by atoms with Gasteiger partial charge in [-0.2, -0.15) is 5.10 Å². The molecule has 2 aromatic heterocycles. The van der Waals surface area contributed by atoms with Crippen molar-refractivity contribution < 1.29 is 12.8 Å². The molecule has 3 heterocycles. The summed E-state index contributed by atoms with van der Waals surface area (Å²) in [7, 11) is -1.53. The Hall–Kier alpha value is -3.13. The molecule has 0 bridgehead atoms. The molecule has 1 saturated carbocycles. The van der Waals surface area contributed by atoms with Gasteiger partial charge < -0.3 is 5.32 Å². The van der Waals surface area contributed by atoms with Crippen LogP contribution in [0, 0.1) is 19.7 Å². The zero-order valence-electron chi connectivity index (χ0n) is 19.0. The number of hydrogen-bond acceptors (Lipinski definition) is 4. The summed E-state index contributed by atoms with van der Waals surface area (Å²) in [5.41, 5.74) is 7.31. The van der Waals surface area contributed by atoms with Gasteiger partial charge in [0.25, 0.3) is 0 Å². The molecular formula is C25H25FN4O2S. The lowest BCUT2D eigenvalue weighted by atomic mass is 9.67. The minimum absolute atomic E-state index is 0.248. The number of hydrogen-bond donors (Lipinski definition) is 1. The minimum Gasteiger partial charge on any atom is -0.372 e. The van der Waals surface area contributed by atoms with Crippen molar-refractivity contribution in [3.8, 4) is 22.4 Å². The molecular weight excluding hydrogens is 439 g/mol. The van der Waals surface area contributed by atoms with Gasteiger partial charge in [-0.05, 0) is 68.0 Å². The van der Waals surface area contributed by atoms with Gasteiger partial charge >= 0.3 is 0 Å². The maximum atomic E-state index is 15.7. The van der Waals surface area contributed by atoms with Crippen LogP contribution in [-0.4, -0.2) is 28.4 Å². The second-order valence-electron chi connectivity index (χ2n) is 9.39. The first-order valence-electron chi connectivity index (χ1n) is 11.1. The predicted molar refractivity (Wildman–Crippen MR) is 128 cm³/mol. The maximum absolute atomic E-state index is 15.7. The van der Waals surface area contributed by atoms with E-state index < -0.39 is 10.0 Å². The fourth-order valence-electron chi connectivity index (χ4n) is 5.84. The van der Waals surface area contributed by atoms with Crippen molar-refractivity contribution in [2.45, 2.75) is 38.6 Å². The van der Waals surface area contributed by atoms with Gasteiger partial charge in [-0.25, -0.2) is 16.8 Å². The predicted octanol–water partition coefficient (Wildman–Crippen LogP) is 5.08. The first kappa shape index (κ1) is 20.5. The van der Waals surface area contributed by atoms with Crippen LogP contribution in [0.25, 0.3) is 33.3 Å². The fraction of sp³-hybridized carbons (Fsp3) is 0.320. The topological polar surface area (TPSA) is 68.9 Å². The fourth-order valence-corrected chi connectivity index (χ4v) is 6.64. The van der Waals surface area contributed by atoms with E-state index in [2.05, 4.69) is 5.32 Å². The molecule has 1 aliphatic carbocycles. The van der Waals surface area contributed by atoms with Crippen molar-refractivity contribution in [2.24, 2.45) is 7.05 Å². The summed E-state index contributed by atoms with van der Waals surface area (Å²) in [5.74, 6) is -0.305. The average Bonchev–Trinajstić information content (AvgIpc) is 3.30. The zero-order valence-corrected chi connectivity index (χ0v) is 19.8. The Morgan fingerprint density at radius 3 is 2.58 bits per heavy atom. The Morgan fingerprint density at radius 2 is 1.91 bits per heavy atom. The van der Waals surface area contributed by atoms with Crippen LogP contribution < -0.4 is 5.32 Å². The Balaban J connectivity index is 1.65. The largest absolute Gasteiger partial charge is 0.372 e. The van der Waals surface area contributed by atoms with Gasteiger partial charge in [-0.15, -0.1) is 0 Å². The summed E-state index contributed by atoms with van der Waals surface area (Å²) in [6, 6.07) is 8.87. The van der Waals surface area contributed by atoms with Crippen LogP contribution in [0.1, 0.15) is 36.1 Å². The third-order valence-corrected chi connectivity index (χ3v) is 8.43. The number of rotatable bonds is 2. The molecule has 6 rings (SSSR count). The Morgan fingerprint density at radius 1 is 1.15 bits per heavy atom. The molecule has 1 N–H and O–H groups in total.